The number of carboxylic acids is 1. The van der Waals surface area contributed by atoms with Gasteiger partial charge in [-0.15, -0.1) is 0 Å². The number of carboxylic acid groups (broad SMARTS) is 1. The van der Waals surface area contributed by atoms with Crippen molar-refractivity contribution >= 4 is 11.8 Å². The number of rotatable bonds is 7. The lowest BCUT2D eigenvalue weighted by molar-refractivity contribution is -0.137. The Labute approximate surface area is 146 Å². The quantitative estimate of drug-likeness (QED) is 0.804. The second-order valence-electron chi connectivity index (χ2n) is 7.11. The van der Waals surface area contributed by atoms with Crippen LogP contribution in [0, 0.1) is 5.92 Å². The largest absolute Gasteiger partial charge is 0.481 e. The second kappa shape index (κ2) is 6.86. The lowest BCUT2D eigenvalue weighted by Gasteiger charge is -2.17. The minimum atomic E-state index is -0.733. The summed E-state index contributed by atoms with van der Waals surface area (Å²) in [6.45, 7) is 1.01. The highest BCUT2D eigenvalue weighted by Gasteiger charge is 2.41. The van der Waals surface area contributed by atoms with Gasteiger partial charge in [0.25, 0.3) is 0 Å². The van der Waals surface area contributed by atoms with Crippen LogP contribution in [-0.2, 0) is 24.1 Å². The Bertz CT molecular complexity index is 771. The van der Waals surface area contributed by atoms with Gasteiger partial charge in [-0.05, 0) is 49.7 Å². The topological polar surface area (TPSA) is 88.2 Å². The third-order valence-corrected chi connectivity index (χ3v) is 5.12. The van der Waals surface area contributed by atoms with Gasteiger partial charge in [0.15, 0.2) is 0 Å². The van der Waals surface area contributed by atoms with Crippen LogP contribution in [0.5, 0.6) is 0 Å². The number of fused-ring (bicyclic) bond motifs is 1. The van der Waals surface area contributed by atoms with Gasteiger partial charge in [-0.2, -0.15) is 0 Å². The molecule has 0 bridgehead atoms. The van der Waals surface area contributed by atoms with Gasteiger partial charge in [0.1, 0.15) is 11.6 Å². The van der Waals surface area contributed by atoms with Crippen LogP contribution in [0.2, 0.25) is 0 Å². The Morgan fingerprint density at radius 2 is 2.28 bits per heavy atom. The number of pyridine rings is 1. The minimum Gasteiger partial charge on any atom is -0.481 e. The van der Waals surface area contributed by atoms with Gasteiger partial charge in [-0.1, -0.05) is 11.2 Å². The number of nitrogens with one attached hydrogen (secondary N) is 1. The van der Waals surface area contributed by atoms with Gasteiger partial charge in [0.05, 0.1) is 5.69 Å². The highest BCUT2D eigenvalue weighted by Crippen LogP contribution is 2.49. The van der Waals surface area contributed by atoms with Crippen molar-refractivity contribution < 1.29 is 14.4 Å². The summed E-state index contributed by atoms with van der Waals surface area (Å²) < 4.78 is 5.42. The summed E-state index contributed by atoms with van der Waals surface area (Å²) in [5, 5.41) is 16.3. The molecule has 132 valence electrons. The summed E-state index contributed by atoms with van der Waals surface area (Å²) in [6.07, 6.45) is 6.13. The molecule has 2 aromatic rings. The summed E-state index contributed by atoms with van der Waals surface area (Å²) in [5.74, 6) is 1.68. The van der Waals surface area contributed by atoms with Gasteiger partial charge in [0, 0.05) is 37.1 Å². The maximum Gasteiger partial charge on any atom is 0.303 e. The number of nitrogens with zero attached hydrogens (tertiary/aromatic N) is 2. The molecule has 1 fully saturated rings. The fraction of sp³-hybridized carbons (Fsp3) is 0.526. The van der Waals surface area contributed by atoms with E-state index in [2.05, 4.69) is 22.6 Å². The van der Waals surface area contributed by atoms with Crippen molar-refractivity contribution in [2.75, 3.05) is 11.9 Å². The van der Waals surface area contributed by atoms with Gasteiger partial charge in [-0.25, -0.2) is 4.98 Å². The van der Waals surface area contributed by atoms with Crippen molar-refractivity contribution in [2.45, 2.75) is 50.9 Å². The van der Waals surface area contributed by atoms with E-state index >= 15 is 0 Å². The maximum absolute atomic E-state index is 10.7. The van der Waals surface area contributed by atoms with E-state index in [0.717, 1.165) is 61.6 Å². The molecule has 0 aromatic carbocycles. The molecule has 2 N–H and O–H groups in total. The first-order valence-corrected chi connectivity index (χ1v) is 9.09. The Hall–Kier alpha value is -2.37. The number of aryl methyl sites for hydroxylation is 3. The molecule has 6 nitrogen and oxygen atoms in total. The van der Waals surface area contributed by atoms with Gasteiger partial charge >= 0.3 is 5.97 Å². The zero-order valence-electron chi connectivity index (χ0n) is 14.2. The monoisotopic (exact) mass is 341 g/mol. The molecule has 2 atom stereocenters. The van der Waals surface area contributed by atoms with Crippen LogP contribution >= 0.6 is 0 Å². The van der Waals surface area contributed by atoms with Crippen LogP contribution in [0.15, 0.2) is 22.7 Å². The molecule has 1 aliphatic heterocycles. The van der Waals surface area contributed by atoms with Crippen molar-refractivity contribution in [1.29, 1.82) is 0 Å². The van der Waals surface area contributed by atoms with E-state index in [1.54, 1.807) is 0 Å². The fourth-order valence-electron chi connectivity index (χ4n) is 3.63. The normalized spacial score (nSPS) is 21.4. The van der Waals surface area contributed by atoms with E-state index < -0.39 is 5.97 Å². The minimum absolute atomic E-state index is 0.225. The van der Waals surface area contributed by atoms with E-state index in [0.29, 0.717) is 0 Å². The predicted molar refractivity (Wildman–Crippen MR) is 92.7 cm³/mol. The third-order valence-electron chi connectivity index (χ3n) is 5.12. The number of carbonyl (C=O) groups is 1. The SMILES string of the molecule is O=C(O)CC1CC1c1cc(CCCc2ccc3c(n2)NCCC3)on1. The average Bonchev–Trinajstić information content (AvgIpc) is 3.19. The molecule has 6 heteroatoms. The zero-order chi connectivity index (χ0) is 17.2. The summed E-state index contributed by atoms with van der Waals surface area (Å²) in [6, 6.07) is 6.30. The Morgan fingerprint density at radius 1 is 1.36 bits per heavy atom. The number of anilines is 1. The first kappa shape index (κ1) is 16.1. The third kappa shape index (κ3) is 3.83. The molecule has 0 amide bonds. The fourth-order valence-corrected chi connectivity index (χ4v) is 3.63. The summed E-state index contributed by atoms with van der Waals surface area (Å²) in [5.41, 5.74) is 3.34. The van der Waals surface area contributed by atoms with Crippen LogP contribution in [0.3, 0.4) is 0 Å². The summed E-state index contributed by atoms with van der Waals surface area (Å²) in [7, 11) is 0. The van der Waals surface area contributed by atoms with E-state index in [1.807, 2.05) is 6.07 Å². The van der Waals surface area contributed by atoms with Crippen molar-refractivity contribution in [3.8, 4) is 0 Å². The number of hydrogen-bond donors (Lipinski definition) is 2. The van der Waals surface area contributed by atoms with E-state index in [9.17, 15) is 4.79 Å². The van der Waals surface area contributed by atoms with Crippen LogP contribution in [-0.4, -0.2) is 27.8 Å². The molecule has 2 aromatic heterocycles. The van der Waals surface area contributed by atoms with E-state index in [1.165, 1.54) is 12.0 Å². The molecule has 25 heavy (non-hydrogen) atoms. The van der Waals surface area contributed by atoms with Crippen LogP contribution in [0.1, 0.15) is 54.3 Å². The van der Waals surface area contributed by atoms with Crippen molar-refractivity contribution in [1.82, 2.24) is 10.1 Å². The maximum atomic E-state index is 10.7. The molecule has 0 saturated heterocycles. The van der Waals surface area contributed by atoms with Gasteiger partial charge < -0.3 is 14.9 Å². The summed E-state index contributed by atoms with van der Waals surface area (Å²) in [4.78, 5) is 15.5. The highest BCUT2D eigenvalue weighted by molar-refractivity contribution is 5.67. The van der Waals surface area contributed by atoms with E-state index in [4.69, 9.17) is 14.6 Å². The molecule has 0 radical (unpaired) electrons. The Kier molecular flexibility index (Phi) is 4.42. The lowest BCUT2D eigenvalue weighted by Crippen LogP contribution is -2.14. The standard InChI is InChI=1S/C19H23N3O3/c23-18(24)10-13-9-16(13)17-11-15(25-22-17)5-1-4-14-7-6-12-3-2-8-20-19(12)21-14/h6-7,11,13,16H,1-5,8-10H2,(H,20,21)(H,23,24). The Balaban J connectivity index is 1.27. The Morgan fingerprint density at radius 3 is 3.16 bits per heavy atom. The molecule has 1 saturated carbocycles. The van der Waals surface area contributed by atoms with Crippen molar-refractivity contribution in [3.63, 3.8) is 0 Å². The lowest BCUT2D eigenvalue weighted by atomic mass is 10.1. The van der Waals surface area contributed by atoms with Crippen molar-refractivity contribution in [3.05, 3.63) is 40.9 Å². The first-order chi connectivity index (χ1) is 12.2. The van der Waals surface area contributed by atoms with E-state index in [-0.39, 0.29) is 18.3 Å². The smallest absolute Gasteiger partial charge is 0.303 e. The number of aliphatic carboxylic acids is 1. The molecule has 0 spiro atoms. The molecular formula is C19H23N3O3. The van der Waals surface area contributed by atoms with Crippen LogP contribution in [0.4, 0.5) is 5.82 Å². The van der Waals surface area contributed by atoms with Gasteiger partial charge in [-0.3, -0.25) is 4.79 Å². The van der Waals surface area contributed by atoms with Crippen LogP contribution in [0.25, 0.3) is 0 Å². The molecule has 2 aliphatic rings. The second-order valence-corrected chi connectivity index (χ2v) is 7.11. The van der Waals surface area contributed by atoms with Gasteiger partial charge in [0.2, 0.25) is 0 Å². The number of hydrogen-bond acceptors (Lipinski definition) is 5. The molecule has 3 heterocycles. The van der Waals surface area contributed by atoms with Crippen LogP contribution < -0.4 is 5.32 Å². The predicted octanol–water partition coefficient (Wildman–Crippen LogP) is 3.18. The first-order valence-electron chi connectivity index (χ1n) is 9.09. The summed E-state index contributed by atoms with van der Waals surface area (Å²) >= 11 is 0. The average molecular weight is 341 g/mol. The highest BCUT2D eigenvalue weighted by atomic mass is 16.5. The number of aromatic nitrogens is 2. The molecule has 2 unspecified atom stereocenters. The molecule has 4 rings (SSSR count). The van der Waals surface area contributed by atoms with Crippen molar-refractivity contribution in [2.24, 2.45) is 5.92 Å². The zero-order valence-corrected chi connectivity index (χ0v) is 14.2. The molecule has 1 aliphatic carbocycles. The molecular weight excluding hydrogens is 318 g/mol.